The first-order chi connectivity index (χ1) is 5.83. The third kappa shape index (κ3) is 2.93. The smallest absolute Gasteiger partial charge is 0.0761 e. The summed E-state index contributed by atoms with van der Waals surface area (Å²) in [5.41, 5.74) is 1.14. The highest BCUT2D eigenvalue weighted by Gasteiger charge is 2.01. The maximum atomic E-state index is 8.20. The molecular formula is C9H10ClNO. The van der Waals surface area contributed by atoms with Gasteiger partial charge in [0.25, 0.3) is 0 Å². The minimum Gasteiger partial charge on any atom is -0.411 e. The number of benzene rings is 1. The van der Waals surface area contributed by atoms with Crippen LogP contribution in [0.1, 0.15) is 5.56 Å². The first-order valence-electron chi connectivity index (χ1n) is 3.68. The lowest BCUT2D eigenvalue weighted by molar-refractivity contribution is 0.320. The van der Waals surface area contributed by atoms with Crippen LogP contribution in [0, 0.1) is 0 Å². The van der Waals surface area contributed by atoms with Crippen LogP contribution in [-0.4, -0.2) is 16.8 Å². The molecule has 0 saturated heterocycles. The Labute approximate surface area is 76.5 Å². The van der Waals surface area contributed by atoms with Gasteiger partial charge in [0, 0.05) is 0 Å². The lowest BCUT2D eigenvalue weighted by Gasteiger charge is -2.01. The maximum absolute atomic E-state index is 8.20. The molecule has 0 fully saturated rings. The molecule has 1 rings (SSSR count). The van der Waals surface area contributed by atoms with Crippen LogP contribution in [0.25, 0.3) is 0 Å². The van der Waals surface area contributed by atoms with Gasteiger partial charge in [-0.3, -0.25) is 0 Å². The number of oxime groups is 1. The summed E-state index contributed by atoms with van der Waals surface area (Å²) in [6.07, 6.45) is 2.00. The van der Waals surface area contributed by atoms with Crippen LogP contribution in [0.4, 0.5) is 0 Å². The molecular weight excluding hydrogens is 174 g/mol. The van der Waals surface area contributed by atoms with Crippen molar-refractivity contribution in [3.63, 3.8) is 0 Å². The quantitative estimate of drug-likeness (QED) is 0.332. The molecule has 1 aromatic rings. The fourth-order valence-electron chi connectivity index (χ4n) is 0.964. The van der Waals surface area contributed by atoms with Crippen molar-refractivity contribution in [3.8, 4) is 0 Å². The lowest BCUT2D eigenvalue weighted by atomic mass is 10.1. The monoisotopic (exact) mass is 183 g/mol. The van der Waals surface area contributed by atoms with Gasteiger partial charge in [0.15, 0.2) is 0 Å². The minimum atomic E-state index is -0.239. The highest BCUT2D eigenvalue weighted by atomic mass is 35.5. The van der Waals surface area contributed by atoms with Crippen LogP contribution in [0.15, 0.2) is 35.5 Å². The van der Waals surface area contributed by atoms with Crippen molar-refractivity contribution in [2.45, 2.75) is 11.8 Å². The van der Waals surface area contributed by atoms with Gasteiger partial charge in [-0.2, -0.15) is 0 Å². The van der Waals surface area contributed by atoms with E-state index in [4.69, 9.17) is 16.8 Å². The van der Waals surface area contributed by atoms with E-state index in [1.165, 1.54) is 6.21 Å². The molecule has 0 aromatic heterocycles. The lowest BCUT2D eigenvalue weighted by Crippen LogP contribution is -2.04. The van der Waals surface area contributed by atoms with Crippen molar-refractivity contribution >= 4 is 17.8 Å². The molecule has 2 nitrogen and oxygen atoms in total. The number of rotatable bonds is 3. The van der Waals surface area contributed by atoms with Crippen molar-refractivity contribution in [2.75, 3.05) is 0 Å². The molecule has 0 amide bonds. The van der Waals surface area contributed by atoms with E-state index in [-0.39, 0.29) is 5.38 Å². The SMILES string of the molecule is O/N=C/C(Cl)Cc1ccccc1. The topological polar surface area (TPSA) is 32.6 Å². The molecule has 0 aliphatic rings. The summed E-state index contributed by atoms with van der Waals surface area (Å²) >= 11 is 5.81. The predicted octanol–water partition coefficient (Wildman–Crippen LogP) is 2.30. The number of alkyl halides is 1. The largest absolute Gasteiger partial charge is 0.411 e. The maximum Gasteiger partial charge on any atom is 0.0761 e. The standard InChI is InChI=1S/C9H10ClNO/c10-9(7-11-12)6-8-4-2-1-3-5-8/h1-5,7,9,12H,6H2/b11-7+. The van der Waals surface area contributed by atoms with E-state index < -0.39 is 0 Å². The van der Waals surface area contributed by atoms with Crippen LogP contribution in [0.2, 0.25) is 0 Å². The Balaban J connectivity index is 2.52. The summed E-state index contributed by atoms with van der Waals surface area (Å²) in [7, 11) is 0. The average molecular weight is 184 g/mol. The van der Waals surface area contributed by atoms with Crippen LogP contribution < -0.4 is 0 Å². The van der Waals surface area contributed by atoms with Gasteiger partial charge in [-0.15, -0.1) is 16.8 Å². The Morgan fingerprint density at radius 1 is 1.42 bits per heavy atom. The second-order valence-corrected chi connectivity index (χ2v) is 3.03. The van der Waals surface area contributed by atoms with Crippen LogP contribution in [0.3, 0.4) is 0 Å². The number of nitrogens with zero attached hydrogens (tertiary/aromatic N) is 1. The van der Waals surface area contributed by atoms with Gasteiger partial charge >= 0.3 is 0 Å². The van der Waals surface area contributed by atoms with Crippen molar-refractivity contribution in [1.82, 2.24) is 0 Å². The van der Waals surface area contributed by atoms with Gasteiger partial charge in [-0.05, 0) is 12.0 Å². The Morgan fingerprint density at radius 2 is 2.08 bits per heavy atom. The van der Waals surface area contributed by atoms with E-state index in [1.54, 1.807) is 0 Å². The molecule has 0 aliphatic heterocycles. The Morgan fingerprint density at radius 3 is 2.67 bits per heavy atom. The zero-order chi connectivity index (χ0) is 8.81. The van der Waals surface area contributed by atoms with E-state index in [2.05, 4.69) is 5.16 Å². The zero-order valence-electron chi connectivity index (χ0n) is 6.52. The molecule has 0 radical (unpaired) electrons. The van der Waals surface area contributed by atoms with E-state index >= 15 is 0 Å². The third-order valence-electron chi connectivity index (χ3n) is 1.50. The number of hydrogen-bond acceptors (Lipinski definition) is 2. The molecule has 0 heterocycles. The van der Waals surface area contributed by atoms with Gasteiger partial charge in [0.2, 0.25) is 0 Å². The highest BCUT2D eigenvalue weighted by Crippen LogP contribution is 2.05. The second kappa shape index (κ2) is 4.78. The fourth-order valence-corrected chi connectivity index (χ4v) is 1.19. The zero-order valence-corrected chi connectivity index (χ0v) is 7.28. The Bertz CT molecular complexity index is 248. The molecule has 3 heteroatoms. The van der Waals surface area contributed by atoms with Gasteiger partial charge in [-0.1, -0.05) is 30.3 Å². The van der Waals surface area contributed by atoms with Crippen molar-refractivity contribution < 1.29 is 5.21 Å². The minimum absolute atomic E-state index is 0.239. The van der Waals surface area contributed by atoms with Gasteiger partial charge < -0.3 is 5.21 Å². The number of halogens is 1. The third-order valence-corrected chi connectivity index (χ3v) is 1.77. The predicted molar refractivity (Wildman–Crippen MR) is 50.1 cm³/mol. The average Bonchev–Trinajstić information content (AvgIpc) is 2.06. The number of hydrogen-bond donors (Lipinski definition) is 1. The summed E-state index contributed by atoms with van der Waals surface area (Å²) in [5.74, 6) is 0. The van der Waals surface area contributed by atoms with E-state index in [0.29, 0.717) is 6.42 Å². The van der Waals surface area contributed by atoms with E-state index in [0.717, 1.165) is 5.56 Å². The normalized spacial score (nSPS) is 13.4. The molecule has 1 N–H and O–H groups in total. The van der Waals surface area contributed by atoms with Crippen molar-refractivity contribution in [2.24, 2.45) is 5.16 Å². The van der Waals surface area contributed by atoms with Crippen LogP contribution in [0.5, 0.6) is 0 Å². The van der Waals surface area contributed by atoms with Crippen LogP contribution >= 0.6 is 11.6 Å². The fraction of sp³-hybridized carbons (Fsp3) is 0.222. The molecule has 1 aromatic carbocycles. The van der Waals surface area contributed by atoms with E-state index in [1.807, 2.05) is 30.3 Å². The van der Waals surface area contributed by atoms with Gasteiger partial charge in [0.05, 0.1) is 11.6 Å². The van der Waals surface area contributed by atoms with Crippen molar-refractivity contribution in [3.05, 3.63) is 35.9 Å². The van der Waals surface area contributed by atoms with Gasteiger partial charge in [0.1, 0.15) is 0 Å². The molecule has 64 valence electrons. The molecule has 0 spiro atoms. The first kappa shape index (κ1) is 9.07. The van der Waals surface area contributed by atoms with Crippen LogP contribution in [-0.2, 0) is 6.42 Å². The highest BCUT2D eigenvalue weighted by molar-refractivity contribution is 6.28. The van der Waals surface area contributed by atoms with E-state index in [9.17, 15) is 0 Å². The Hall–Kier alpha value is -1.02. The summed E-state index contributed by atoms with van der Waals surface area (Å²) in [5, 5.41) is 10.8. The molecule has 0 saturated carbocycles. The summed E-state index contributed by atoms with van der Waals surface area (Å²) < 4.78 is 0. The Kier molecular flexibility index (Phi) is 3.61. The summed E-state index contributed by atoms with van der Waals surface area (Å²) in [6, 6.07) is 9.83. The molecule has 0 aliphatic carbocycles. The molecule has 1 unspecified atom stereocenters. The summed E-state index contributed by atoms with van der Waals surface area (Å²) in [6.45, 7) is 0. The molecule has 0 bridgehead atoms. The van der Waals surface area contributed by atoms with Crippen molar-refractivity contribution in [1.29, 1.82) is 0 Å². The van der Waals surface area contributed by atoms with Gasteiger partial charge in [-0.25, -0.2) is 0 Å². The molecule has 1 atom stereocenters. The second-order valence-electron chi connectivity index (χ2n) is 2.47. The molecule has 12 heavy (non-hydrogen) atoms. The first-order valence-corrected chi connectivity index (χ1v) is 4.12. The summed E-state index contributed by atoms with van der Waals surface area (Å²) in [4.78, 5) is 0.